The molecule has 3 nitrogen and oxygen atoms in total. The van der Waals surface area contributed by atoms with Crippen molar-refractivity contribution in [2.45, 2.75) is 33.2 Å². The van der Waals surface area contributed by atoms with Gasteiger partial charge in [-0.1, -0.05) is 20.8 Å². The third-order valence-electron chi connectivity index (χ3n) is 2.14. The monoisotopic (exact) mass is 193 g/mol. The van der Waals surface area contributed by atoms with Gasteiger partial charge in [0.15, 0.2) is 0 Å². The molecule has 78 valence electrons. The lowest BCUT2D eigenvalue weighted by Gasteiger charge is -2.19. The molecule has 0 fully saturated rings. The minimum Gasteiger partial charge on any atom is -0.310 e. The standard InChI is InChI=1S/C11H19N3/c1-4-14-11(5-9(2)3)10-6-12-8-13-7-10/h6-9,11,14H,4-5H2,1-3H3. The Kier molecular flexibility index (Phi) is 4.53. The van der Waals surface area contributed by atoms with Crippen molar-refractivity contribution in [1.29, 1.82) is 0 Å². The molecule has 1 heterocycles. The third-order valence-corrected chi connectivity index (χ3v) is 2.14. The van der Waals surface area contributed by atoms with Crippen LogP contribution in [0.4, 0.5) is 0 Å². The first-order valence-electron chi connectivity index (χ1n) is 5.22. The van der Waals surface area contributed by atoms with Crippen LogP contribution in [-0.4, -0.2) is 16.5 Å². The fraction of sp³-hybridized carbons (Fsp3) is 0.636. The average Bonchev–Trinajstić information content (AvgIpc) is 2.18. The van der Waals surface area contributed by atoms with Crippen LogP contribution in [0.25, 0.3) is 0 Å². The fourth-order valence-electron chi connectivity index (χ4n) is 1.55. The maximum atomic E-state index is 4.04. The molecule has 1 atom stereocenters. The predicted octanol–water partition coefficient (Wildman–Crippen LogP) is 2.17. The van der Waals surface area contributed by atoms with Crippen LogP contribution in [0.2, 0.25) is 0 Å². The maximum absolute atomic E-state index is 4.04. The molecule has 3 heteroatoms. The van der Waals surface area contributed by atoms with Crippen molar-refractivity contribution in [3.05, 3.63) is 24.3 Å². The zero-order chi connectivity index (χ0) is 10.4. The van der Waals surface area contributed by atoms with E-state index in [2.05, 4.69) is 36.1 Å². The summed E-state index contributed by atoms with van der Waals surface area (Å²) < 4.78 is 0. The van der Waals surface area contributed by atoms with Crippen molar-refractivity contribution in [3.63, 3.8) is 0 Å². The van der Waals surface area contributed by atoms with Gasteiger partial charge in [-0.05, 0) is 18.9 Å². The van der Waals surface area contributed by atoms with Gasteiger partial charge in [-0.2, -0.15) is 0 Å². The highest BCUT2D eigenvalue weighted by atomic mass is 14.9. The van der Waals surface area contributed by atoms with Crippen molar-refractivity contribution >= 4 is 0 Å². The molecule has 0 aliphatic rings. The van der Waals surface area contributed by atoms with Crippen molar-refractivity contribution in [2.75, 3.05) is 6.54 Å². The van der Waals surface area contributed by atoms with E-state index in [4.69, 9.17) is 0 Å². The van der Waals surface area contributed by atoms with Gasteiger partial charge in [-0.15, -0.1) is 0 Å². The quantitative estimate of drug-likeness (QED) is 0.778. The van der Waals surface area contributed by atoms with E-state index in [0.29, 0.717) is 12.0 Å². The molecule has 0 radical (unpaired) electrons. The summed E-state index contributed by atoms with van der Waals surface area (Å²) in [6.07, 6.45) is 6.48. The van der Waals surface area contributed by atoms with Gasteiger partial charge in [-0.25, -0.2) is 9.97 Å². The van der Waals surface area contributed by atoms with Crippen molar-refractivity contribution < 1.29 is 0 Å². The zero-order valence-electron chi connectivity index (χ0n) is 9.20. The largest absolute Gasteiger partial charge is 0.310 e. The summed E-state index contributed by atoms with van der Waals surface area (Å²) >= 11 is 0. The van der Waals surface area contributed by atoms with Crippen LogP contribution in [0.15, 0.2) is 18.7 Å². The van der Waals surface area contributed by atoms with E-state index < -0.39 is 0 Å². The van der Waals surface area contributed by atoms with Crippen LogP contribution in [0.1, 0.15) is 38.8 Å². The van der Waals surface area contributed by atoms with Crippen LogP contribution in [0, 0.1) is 5.92 Å². The van der Waals surface area contributed by atoms with Gasteiger partial charge in [-0.3, -0.25) is 0 Å². The Morgan fingerprint density at radius 1 is 1.29 bits per heavy atom. The third kappa shape index (κ3) is 3.42. The van der Waals surface area contributed by atoms with E-state index in [0.717, 1.165) is 13.0 Å². The first-order chi connectivity index (χ1) is 6.74. The molecule has 14 heavy (non-hydrogen) atoms. The Morgan fingerprint density at radius 3 is 2.43 bits per heavy atom. The molecule has 1 rings (SSSR count). The Labute approximate surface area is 86.0 Å². The molecular weight excluding hydrogens is 174 g/mol. The second kappa shape index (κ2) is 5.70. The molecule has 0 spiro atoms. The highest BCUT2D eigenvalue weighted by molar-refractivity contribution is 5.09. The Bertz CT molecular complexity index is 246. The van der Waals surface area contributed by atoms with Gasteiger partial charge in [0.05, 0.1) is 0 Å². The molecule has 0 amide bonds. The first kappa shape index (κ1) is 11.1. The van der Waals surface area contributed by atoms with Crippen LogP contribution in [0.5, 0.6) is 0 Å². The fourth-order valence-corrected chi connectivity index (χ4v) is 1.55. The molecule has 0 aromatic carbocycles. The van der Waals surface area contributed by atoms with Crippen molar-refractivity contribution in [1.82, 2.24) is 15.3 Å². The second-order valence-electron chi connectivity index (χ2n) is 3.91. The molecule has 1 aromatic rings. The molecule has 0 aliphatic heterocycles. The maximum Gasteiger partial charge on any atom is 0.115 e. The summed E-state index contributed by atoms with van der Waals surface area (Å²) in [6, 6.07) is 0.390. The van der Waals surface area contributed by atoms with Crippen LogP contribution < -0.4 is 5.32 Å². The SMILES string of the molecule is CCNC(CC(C)C)c1cncnc1. The number of hydrogen-bond donors (Lipinski definition) is 1. The molecule has 0 aliphatic carbocycles. The van der Waals surface area contributed by atoms with E-state index in [1.165, 1.54) is 5.56 Å². The number of rotatable bonds is 5. The van der Waals surface area contributed by atoms with Gasteiger partial charge in [0.2, 0.25) is 0 Å². The summed E-state index contributed by atoms with van der Waals surface area (Å²) in [7, 11) is 0. The van der Waals surface area contributed by atoms with E-state index in [1.54, 1.807) is 6.33 Å². The van der Waals surface area contributed by atoms with E-state index in [1.807, 2.05) is 12.4 Å². The Hall–Kier alpha value is -0.960. The minimum atomic E-state index is 0.390. The summed E-state index contributed by atoms with van der Waals surface area (Å²) in [4.78, 5) is 8.09. The lowest BCUT2D eigenvalue weighted by Crippen LogP contribution is -2.22. The van der Waals surface area contributed by atoms with Gasteiger partial charge in [0.25, 0.3) is 0 Å². The molecule has 1 N–H and O–H groups in total. The molecule has 0 saturated heterocycles. The second-order valence-corrected chi connectivity index (χ2v) is 3.91. The smallest absolute Gasteiger partial charge is 0.115 e. The number of nitrogens with zero attached hydrogens (tertiary/aromatic N) is 2. The highest BCUT2D eigenvalue weighted by Crippen LogP contribution is 2.19. The topological polar surface area (TPSA) is 37.8 Å². The lowest BCUT2D eigenvalue weighted by atomic mass is 9.99. The molecule has 1 aromatic heterocycles. The van der Waals surface area contributed by atoms with Crippen LogP contribution >= 0.6 is 0 Å². The van der Waals surface area contributed by atoms with Gasteiger partial charge in [0.1, 0.15) is 6.33 Å². The molecule has 0 saturated carbocycles. The molecular formula is C11H19N3. The van der Waals surface area contributed by atoms with Crippen molar-refractivity contribution in [2.24, 2.45) is 5.92 Å². The summed E-state index contributed by atoms with van der Waals surface area (Å²) in [5.74, 6) is 0.680. The van der Waals surface area contributed by atoms with E-state index in [-0.39, 0.29) is 0 Å². The number of nitrogens with one attached hydrogen (secondary N) is 1. The van der Waals surface area contributed by atoms with E-state index in [9.17, 15) is 0 Å². The van der Waals surface area contributed by atoms with E-state index >= 15 is 0 Å². The Balaban J connectivity index is 2.67. The zero-order valence-corrected chi connectivity index (χ0v) is 9.20. The predicted molar refractivity (Wildman–Crippen MR) is 57.9 cm³/mol. The van der Waals surface area contributed by atoms with Crippen molar-refractivity contribution in [3.8, 4) is 0 Å². The number of aromatic nitrogens is 2. The van der Waals surface area contributed by atoms with Gasteiger partial charge in [0, 0.05) is 24.0 Å². The lowest BCUT2D eigenvalue weighted by molar-refractivity contribution is 0.436. The van der Waals surface area contributed by atoms with Gasteiger partial charge < -0.3 is 5.32 Å². The first-order valence-corrected chi connectivity index (χ1v) is 5.22. The number of hydrogen-bond acceptors (Lipinski definition) is 3. The Morgan fingerprint density at radius 2 is 1.93 bits per heavy atom. The van der Waals surface area contributed by atoms with Crippen LogP contribution in [0.3, 0.4) is 0 Å². The average molecular weight is 193 g/mol. The normalized spacial score (nSPS) is 13.1. The van der Waals surface area contributed by atoms with Gasteiger partial charge >= 0.3 is 0 Å². The van der Waals surface area contributed by atoms with Crippen LogP contribution in [-0.2, 0) is 0 Å². The highest BCUT2D eigenvalue weighted by Gasteiger charge is 2.11. The summed E-state index contributed by atoms with van der Waals surface area (Å²) in [6.45, 7) is 7.56. The summed E-state index contributed by atoms with van der Waals surface area (Å²) in [5.41, 5.74) is 1.18. The summed E-state index contributed by atoms with van der Waals surface area (Å²) in [5, 5.41) is 3.45. The molecule has 0 bridgehead atoms. The molecule has 1 unspecified atom stereocenters. The minimum absolute atomic E-state index is 0.390.